The average molecular weight is 245 g/mol. The topological polar surface area (TPSA) is 15.3 Å². The third kappa shape index (κ3) is 2.94. The van der Waals surface area contributed by atoms with Gasteiger partial charge in [0.15, 0.2) is 0 Å². The molecular formula is C12H18ClFN2. The summed E-state index contributed by atoms with van der Waals surface area (Å²) in [4.78, 5) is 2.31. The van der Waals surface area contributed by atoms with E-state index in [1.807, 2.05) is 19.1 Å². The van der Waals surface area contributed by atoms with Crippen LogP contribution in [0.2, 0.25) is 0 Å². The van der Waals surface area contributed by atoms with Gasteiger partial charge in [0.2, 0.25) is 0 Å². The summed E-state index contributed by atoms with van der Waals surface area (Å²) in [6, 6.07) is 5.98. The highest BCUT2D eigenvalue weighted by molar-refractivity contribution is 5.85. The Hall–Kier alpha value is -0.640. The maximum atomic E-state index is 13.0. The van der Waals surface area contributed by atoms with Crippen molar-refractivity contribution in [3.63, 3.8) is 0 Å². The SMILES string of the molecule is Cc1cc(CN(C)C2CNC2)ccc1F.Cl. The number of nitrogens with zero attached hydrogens (tertiary/aromatic N) is 1. The van der Waals surface area contributed by atoms with E-state index in [9.17, 15) is 4.39 Å². The third-order valence-electron chi connectivity index (χ3n) is 3.04. The normalized spacial score (nSPS) is 15.8. The molecule has 0 unspecified atom stereocenters. The number of aryl methyl sites for hydroxylation is 1. The molecule has 0 aromatic heterocycles. The summed E-state index contributed by atoms with van der Waals surface area (Å²) >= 11 is 0. The van der Waals surface area contributed by atoms with E-state index in [4.69, 9.17) is 0 Å². The molecule has 0 atom stereocenters. The van der Waals surface area contributed by atoms with Gasteiger partial charge in [-0.15, -0.1) is 12.4 Å². The lowest BCUT2D eigenvalue weighted by molar-refractivity contribution is 0.173. The van der Waals surface area contributed by atoms with E-state index >= 15 is 0 Å². The first-order chi connectivity index (χ1) is 7.16. The molecule has 1 N–H and O–H groups in total. The third-order valence-corrected chi connectivity index (χ3v) is 3.04. The van der Waals surface area contributed by atoms with Gasteiger partial charge in [0.05, 0.1) is 0 Å². The van der Waals surface area contributed by atoms with Gasteiger partial charge in [-0.25, -0.2) is 4.39 Å². The molecule has 0 spiro atoms. The predicted molar refractivity (Wildman–Crippen MR) is 66.5 cm³/mol. The van der Waals surface area contributed by atoms with E-state index in [-0.39, 0.29) is 18.2 Å². The van der Waals surface area contributed by atoms with E-state index in [1.54, 1.807) is 6.07 Å². The molecule has 90 valence electrons. The highest BCUT2D eigenvalue weighted by Gasteiger charge is 2.21. The lowest BCUT2D eigenvalue weighted by Crippen LogP contribution is -2.55. The molecular weight excluding hydrogens is 227 g/mol. The lowest BCUT2D eigenvalue weighted by Gasteiger charge is -2.35. The van der Waals surface area contributed by atoms with E-state index in [2.05, 4.69) is 17.3 Å². The van der Waals surface area contributed by atoms with Crippen molar-refractivity contribution in [1.29, 1.82) is 0 Å². The second kappa shape index (κ2) is 5.62. The summed E-state index contributed by atoms with van der Waals surface area (Å²) in [6.45, 7) is 4.84. The summed E-state index contributed by atoms with van der Waals surface area (Å²) in [7, 11) is 2.12. The van der Waals surface area contributed by atoms with Crippen molar-refractivity contribution in [3.05, 3.63) is 35.1 Å². The quantitative estimate of drug-likeness (QED) is 0.875. The minimum absolute atomic E-state index is 0. The van der Waals surface area contributed by atoms with E-state index in [0.29, 0.717) is 6.04 Å². The Morgan fingerprint density at radius 2 is 2.12 bits per heavy atom. The van der Waals surface area contributed by atoms with Crippen LogP contribution >= 0.6 is 12.4 Å². The highest BCUT2D eigenvalue weighted by Crippen LogP contribution is 2.13. The predicted octanol–water partition coefficient (Wildman–Crippen LogP) is 1.96. The smallest absolute Gasteiger partial charge is 0.126 e. The maximum Gasteiger partial charge on any atom is 0.126 e. The minimum Gasteiger partial charge on any atom is -0.314 e. The van der Waals surface area contributed by atoms with Gasteiger partial charge in [0, 0.05) is 25.7 Å². The molecule has 1 fully saturated rings. The van der Waals surface area contributed by atoms with E-state index in [1.165, 1.54) is 5.56 Å². The first kappa shape index (κ1) is 13.4. The molecule has 2 nitrogen and oxygen atoms in total. The molecule has 1 saturated heterocycles. The van der Waals surface area contributed by atoms with Crippen LogP contribution in [0.1, 0.15) is 11.1 Å². The molecule has 1 aromatic rings. The molecule has 1 aliphatic rings. The molecule has 0 bridgehead atoms. The Labute approximate surface area is 102 Å². The Kier molecular flexibility index (Phi) is 4.71. The van der Waals surface area contributed by atoms with Crippen LogP contribution in [0, 0.1) is 12.7 Å². The molecule has 0 saturated carbocycles. The Bertz CT molecular complexity index is 353. The Morgan fingerprint density at radius 3 is 2.62 bits per heavy atom. The zero-order valence-corrected chi connectivity index (χ0v) is 10.5. The largest absolute Gasteiger partial charge is 0.314 e. The number of hydrogen-bond acceptors (Lipinski definition) is 2. The molecule has 16 heavy (non-hydrogen) atoms. The van der Waals surface area contributed by atoms with Crippen LogP contribution in [0.15, 0.2) is 18.2 Å². The summed E-state index contributed by atoms with van der Waals surface area (Å²) in [5, 5.41) is 3.25. The highest BCUT2D eigenvalue weighted by atomic mass is 35.5. The monoisotopic (exact) mass is 244 g/mol. The molecule has 0 aliphatic carbocycles. The fourth-order valence-electron chi connectivity index (χ4n) is 1.81. The van der Waals surface area contributed by atoms with Crippen LogP contribution in [0.3, 0.4) is 0 Å². The standard InChI is InChI=1S/C12H17FN2.ClH/c1-9-5-10(3-4-12(9)13)8-15(2)11-6-14-7-11;/h3-5,11,14H,6-8H2,1-2H3;1H. The van der Waals surface area contributed by atoms with Crippen LogP contribution in [-0.4, -0.2) is 31.1 Å². The number of rotatable bonds is 3. The van der Waals surface area contributed by atoms with Crippen LogP contribution in [0.5, 0.6) is 0 Å². The van der Waals surface area contributed by atoms with E-state index in [0.717, 1.165) is 25.2 Å². The van der Waals surface area contributed by atoms with Crippen molar-refractivity contribution in [2.75, 3.05) is 20.1 Å². The van der Waals surface area contributed by atoms with Gasteiger partial charge in [-0.2, -0.15) is 0 Å². The van der Waals surface area contributed by atoms with Crippen molar-refractivity contribution < 1.29 is 4.39 Å². The molecule has 1 heterocycles. The Morgan fingerprint density at radius 1 is 1.44 bits per heavy atom. The van der Waals surface area contributed by atoms with Gasteiger partial charge in [-0.05, 0) is 31.2 Å². The van der Waals surface area contributed by atoms with Crippen molar-refractivity contribution in [3.8, 4) is 0 Å². The zero-order chi connectivity index (χ0) is 10.8. The van der Waals surface area contributed by atoms with Gasteiger partial charge < -0.3 is 5.32 Å². The van der Waals surface area contributed by atoms with Crippen molar-refractivity contribution in [2.45, 2.75) is 19.5 Å². The number of hydrogen-bond donors (Lipinski definition) is 1. The second-order valence-corrected chi connectivity index (χ2v) is 4.31. The van der Waals surface area contributed by atoms with Gasteiger partial charge in [-0.3, -0.25) is 4.90 Å². The average Bonchev–Trinajstić information content (AvgIpc) is 2.08. The molecule has 0 radical (unpaired) electrons. The van der Waals surface area contributed by atoms with Crippen LogP contribution in [0.4, 0.5) is 4.39 Å². The second-order valence-electron chi connectivity index (χ2n) is 4.31. The molecule has 1 aromatic carbocycles. The van der Waals surface area contributed by atoms with Gasteiger partial charge in [-0.1, -0.05) is 12.1 Å². The number of likely N-dealkylation sites (N-methyl/N-ethyl adjacent to an activating group) is 1. The minimum atomic E-state index is -0.119. The van der Waals surface area contributed by atoms with Gasteiger partial charge in [0.25, 0.3) is 0 Å². The van der Waals surface area contributed by atoms with Crippen molar-refractivity contribution in [1.82, 2.24) is 10.2 Å². The molecule has 1 aliphatic heterocycles. The van der Waals surface area contributed by atoms with Crippen LogP contribution < -0.4 is 5.32 Å². The number of nitrogens with one attached hydrogen (secondary N) is 1. The maximum absolute atomic E-state index is 13.0. The summed E-state index contributed by atoms with van der Waals surface area (Å²) in [6.07, 6.45) is 0. The fraction of sp³-hybridized carbons (Fsp3) is 0.500. The number of benzene rings is 1. The zero-order valence-electron chi connectivity index (χ0n) is 9.66. The summed E-state index contributed by atoms with van der Waals surface area (Å²) in [5.74, 6) is -0.119. The van der Waals surface area contributed by atoms with E-state index < -0.39 is 0 Å². The molecule has 4 heteroatoms. The van der Waals surface area contributed by atoms with Crippen molar-refractivity contribution >= 4 is 12.4 Å². The molecule has 0 amide bonds. The lowest BCUT2D eigenvalue weighted by atomic mass is 10.1. The molecule has 2 rings (SSSR count). The number of halogens is 2. The van der Waals surface area contributed by atoms with Crippen LogP contribution in [0.25, 0.3) is 0 Å². The fourth-order valence-corrected chi connectivity index (χ4v) is 1.81. The van der Waals surface area contributed by atoms with Gasteiger partial charge >= 0.3 is 0 Å². The van der Waals surface area contributed by atoms with Crippen LogP contribution in [-0.2, 0) is 6.54 Å². The van der Waals surface area contributed by atoms with Gasteiger partial charge in [0.1, 0.15) is 5.82 Å². The summed E-state index contributed by atoms with van der Waals surface area (Å²) < 4.78 is 13.0. The summed E-state index contributed by atoms with van der Waals surface area (Å²) in [5.41, 5.74) is 1.91. The first-order valence-electron chi connectivity index (χ1n) is 5.33. The first-order valence-corrected chi connectivity index (χ1v) is 5.33. The Balaban J connectivity index is 0.00000128. The van der Waals surface area contributed by atoms with Crippen molar-refractivity contribution in [2.24, 2.45) is 0 Å².